The van der Waals surface area contributed by atoms with Gasteiger partial charge >= 0.3 is 5.97 Å². The number of hydrogen-bond donors (Lipinski definition) is 18. The number of unbranched alkanes of at least 4 members (excludes halogenated alkanes) is 2. The minimum absolute atomic E-state index is 0.105. The number of esters is 1. The van der Waals surface area contributed by atoms with Crippen molar-refractivity contribution in [2.75, 3.05) is 26.9 Å². The largest absolute Gasteiger partial charge is 0.454 e. The zero-order chi connectivity index (χ0) is 64.7. The molecule has 88 heavy (non-hydrogen) atoms. The van der Waals surface area contributed by atoms with Crippen LogP contribution < -0.4 is 0 Å². The van der Waals surface area contributed by atoms with Crippen molar-refractivity contribution >= 4 is 5.97 Å². The third kappa shape index (κ3) is 16.8. The highest BCUT2D eigenvalue weighted by Gasteiger charge is 2.59. The minimum atomic E-state index is -2.14. The summed E-state index contributed by atoms with van der Waals surface area (Å²) in [6.45, 7) is 4.65. The average molecular weight is 1290 g/mol. The van der Waals surface area contributed by atoms with E-state index in [2.05, 4.69) is 0 Å². The first-order valence-corrected chi connectivity index (χ1v) is 29.6. The zero-order valence-electron chi connectivity index (χ0n) is 49.3. The highest BCUT2D eigenvalue weighted by atomic mass is 17.2. The topological polar surface area (TPSA) is 529 Å². The summed E-state index contributed by atoms with van der Waals surface area (Å²) in [5.41, 5.74) is 0. The molecule has 18 N–H and O–H groups in total. The number of carbonyl (C=O) groups excluding carboxylic acids is 1. The fourth-order valence-corrected chi connectivity index (χ4v) is 11.4. The molecule has 7 aliphatic rings. The maximum Gasteiger partial charge on any atom is 0.306 e. The molecular weight excluding hydrogens is 1200 g/mol. The summed E-state index contributed by atoms with van der Waals surface area (Å²) in [5, 5.41) is 194. The molecule has 7 aliphatic heterocycles. The highest BCUT2D eigenvalue weighted by Crippen LogP contribution is 2.39. The third-order valence-electron chi connectivity index (χ3n) is 16.9. The van der Waals surface area contributed by atoms with Gasteiger partial charge in [-0.05, 0) is 47.0 Å². The van der Waals surface area contributed by atoms with Crippen molar-refractivity contribution in [2.45, 2.75) is 301 Å². The van der Waals surface area contributed by atoms with E-state index in [0.29, 0.717) is 32.1 Å². The first kappa shape index (κ1) is 73.6. The molecule has 7 fully saturated rings. The second-order valence-electron chi connectivity index (χ2n) is 23.3. The van der Waals surface area contributed by atoms with Crippen molar-refractivity contribution in [2.24, 2.45) is 0 Å². The first-order valence-electron chi connectivity index (χ1n) is 29.6. The van der Waals surface area contributed by atoms with Crippen LogP contribution in [-0.2, 0) is 80.9 Å². The van der Waals surface area contributed by atoms with E-state index in [1.165, 1.54) is 27.7 Å². The minimum Gasteiger partial charge on any atom is -0.454 e. The number of aliphatic hydroxyl groups excluding tert-OH is 18. The molecule has 514 valence electrons. The number of rotatable bonds is 26. The van der Waals surface area contributed by atoms with Crippen LogP contribution in [0.25, 0.3) is 0 Å². The standard InChI is InChI=1S/C53H92O35/c1-7-11-21(78-47-38(70)32(64)26(58)17(2)74-47)12-9-8-10-13-25(57)82-46-45(86-51-43(36(68)30(62)23(15-55)80-51)84-49-40(72)34(66)28(60)19(4)76-49)41(83-48-39(71)33(65)27(59)18(3)75-48)20(5)77-53(46)88-87-44-37(69)31(63)24(16-56)81-52(44)85-42-35(67)29(61)22(14-54)79-50(42)73-6/h17-24,26-56,58-72H,7-16H2,1-6H3/t17-,18-,19-,20+,21+,22-,23-,24-,26-,27-,28-,29+,30-,31-,32+,33+,34+,35+,36+,37+,38-,39-,40-,41+,42-,43-,44-,45-,46-,47+,48+,49+,50+,51+,52+,53+/m1/s1. The summed E-state index contributed by atoms with van der Waals surface area (Å²) in [6, 6.07) is 0. The lowest BCUT2D eigenvalue weighted by atomic mass is 9.95. The van der Waals surface area contributed by atoms with Crippen molar-refractivity contribution < 1.29 is 173 Å². The van der Waals surface area contributed by atoms with Gasteiger partial charge in [0, 0.05) is 13.5 Å². The summed E-state index contributed by atoms with van der Waals surface area (Å²) in [6.07, 6.45) is -60.2. The molecule has 7 saturated heterocycles. The summed E-state index contributed by atoms with van der Waals surface area (Å²) in [7, 11) is 1.13. The fraction of sp³-hybridized carbons (Fsp3) is 0.981. The lowest BCUT2D eigenvalue weighted by Gasteiger charge is -2.50. The molecule has 7 heterocycles. The molecule has 0 aliphatic carbocycles. The molecule has 0 aromatic heterocycles. The predicted molar refractivity (Wildman–Crippen MR) is 280 cm³/mol. The van der Waals surface area contributed by atoms with Crippen LogP contribution in [-0.4, -0.2) is 346 Å². The maximum absolute atomic E-state index is 14.4. The molecule has 0 radical (unpaired) electrons. The van der Waals surface area contributed by atoms with E-state index in [-0.39, 0.29) is 6.42 Å². The second kappa shape index (κ2) is 33.0. The van der Waals surface area contributed by atoms with Crippen molar-refractivity contribution in [3.8, 4) is 0 Å². The van der Waals surface area contributed by atoms with Crippen molar-refractivity contribution in [1.82, 2.24) is 0 Å². The van der Waals surface area contributed by atoms with E-state index >= 15 is 0 Å². The Morgan fingerprint density at radius 2 is 0.784 bits per heavy atom. The Kier molecular flexibility index (Phi) is 27.6. The summed E-state index contributed by atoms with van der Waals surface area (Å²) in [4.78, 5) is 26.0. The highest BCUT2D eigenvalue weighted by molar-refractivity contribution is 5.69. The van der Waals surface area contributed by atoms with Crippen LogP contribution in [0.1, 0.15) is 79.6 Å². The van der Waals surface area contributed by atoms with Crippen LogP contribution in [0.5, 0.6) is 0 Å². The fourth-order valence-electron chi connectivity index (χ4n) is 11.4. The number of carbonyl (C=O) groups is 1. The van der Waals surface area contributed by atoms with Crippen molar-refractivity contribution in [3.05, 3.63) is 0 Å². The van der Waals surface area contributed by atoms with E-state index in [0.717, 1.165) is 7.11 Å². The molecule has 35 nitrogen and oxygen atoms in total. The van der Waals surface area contributed by atoms with Gasteiger partial charge in [-0.3, -0.25) is 4.79 Å². The Morgan fingerprint density at radius 1 is 0.375 bits per heavy atom. The molecule has 0 spiro atoms. The second-order valence-corrected chi connectivity index (χ2v) is 23.3. The molecule has 0 aromatic rings. The van der Waals surface area contributed by atoms with Crippen molar-refractivity contribution in [1.29, 1.82) is 0 Å². The van der Waals surface area contributed by atoms with Gasteiger partial charge in [0.1, 0.15) is 134 Å². The monoisotopic (exact) mass is 1290 g/mol. The molecule has 0 bridgehead atoms. The normalized spacial score (nSPS) is 49.1. The van der Waals surface area contributed by atoms with Crippen LogP contribution in [0.2, 0.25) is 0 Å². The smallest absolute Gasteiger partial charge is 0.306 e. The third-order valence-corrected chi connectivity index (χ3v) is 16.9. The van der Waals surface area contributed by atoms with E-state index in [4.69, 9.17) is 76.1 Å². The summed E-state index contributed by atoms with van der Waals surface area (Å²) in [5.74, 6) is -1.03. The molecular formula is C53H92O35. The van der Waals surface area contributed by atoms with Gasteiger partial charge < -0.3 is 158 Å². The average Bonchev–Trinajstić information content (AvgIpc) is 1.49. The summed E-state index contributed by atoms with van der Waals surface area (Å²) < 4.78 is 82.9. The summed E-state index contributed by atoms with van der Waals surface area (Å²) >= 11 is 0. The molecule has 35 heteroatoms. The van der Waals surface area contributed by atoms with Gasteiger partial charge in [0.25, 0.3) is 0 Å². The van der Waals surface area contributed by atoms with Gasteiger partial charge in [-0.15, -0.1) is 0 Å². The van der Waals surface area contributed by atoms with Gasteiger partial charge in [-0.25, -0.2) is 4.89 Å². The van der Waals surface area contributed by atoms with E-state index in [9.17, 15) is 96.7 Å². The molecule has 0 unspecified atom stereocenters. The van der Waals surface area contributed by atoms with Gasteiger partial charge in [0.05, 0.1) is 50.3 Å². The Labute approximate surface area is 505 Å². The number of methoxy groups -OCH3 is 1. The molecule has 0 saturated carbocycles. The lowest BCUT2D eigenvalue weighted by Crippen LogP contribution is -2.68. The Balaban J connectivity index is 1.22. The Morgan fingerprint density at radius 3 is 1.27 bits per heavy atom. The number of hydrogen-bond acceptors (Lipinski definition) is 35. The Bertz CT molecular complexity index is 2080. The van der Waals surface area contributed by atoms with Crippen LogP contribution >= 0.6 is 0 Å². The molecule has 0 aromatic carbocycles. The van der Waals surface area contributed by atoms with Crippen LogP contribution in [0.4, 0.5) is 0 Å². The molecule has 36 atom stereocenters. The molecule has 7 rings (SSSR count). The first-order chi connectivity index (χ1) is 41.7. The van der Waals surface area contributed by atoms with E-state index in [1.807, 2.05) is 6.92 Å². The zero-order valence-corrected chi connectivity index (χ0v) is 49.3. The SMILES string of the molecule is CCC[C@@H](CCCCCC(=O)O[C@H]1[C@H](OO[C@H]2[C@H](O[C@H]3[C@@H](OC)O[C@H](CO)[C@H](O)[C@@H]3O)O[C@H](CO)[C@@H](O)[C@@H]2O)O[C@@H](C)[C@H](O[C@@H]2O[C@H](C)[C@@H](O)[C@H](O)[C@H]2O)[C@H]1O[C@@H]1O[C@H](CO)[C@@H](O)[C@H](O)[C@H]1O[C@@H]1O[C@H](C)[C@@H](O)[C@H](O)[C@H]1O)O[C@@H]1O[C@H](C)[C@@H](O)[C@H](O)[C@H]1O. The van der Waals surface area contributed by atoms with Gasteiger partial charge in [0.2, 0.25) is 6.29 Å². The lowest BCUT2D eigenvalue weighted by molar-refractivity contribution is -0.482. The predicted octanol–water partition coefficient (Wildman–Crippen LogP) is -8.92. The molecule has 0 amide bonds. The van der Waals surface area contributed by atoms with E-state index in [1.54, 1.807) is 0 Å². The van der Waals surface area contributed by atoms with Gasteiger partial charge in [0.15, 0.2) is 49.9 Å². The Hall–Kier alpha value is -1.85. The number of ether oxygens (including phenoxy) is 14. The van der Waals surface area contributed by atoms with Gasteiger partial charge in [-0.1, -0.05) is 26.2 Å². The van der Waals surface area contributed by atoms with Crippen molar-refractivity contribution in [3.63, 3.8) is 0 Å². The maximum atomic E-state index is 14.4. The van der Waals surface area contributed by atoms with Crippen LogP contribution in [0.15, 0.2) is 0 Å². The van der Waals surface area contributed by atoms with Crippen LogP contribution in [0.3, 0.4) is 0 Å². The number of aliphatic hydroxyl groups is 18. The van der Waals surface area contributed by atoms with Gasteiger partial charge in [-0.2, -0.15) is 4.89 Å². The van der Waals surface area contributed by atoms with E-state index < -0.39 is 253 Å². The van der Waals surface area contributed by atoms with Crippen LogP contribution in [0, 0.1) is 0 Å². The quantitative estimate of drug-likeness (QED) is 0.0165.